The van der Waals surface area contributed by atoms with Crippen LogP contribution in [-0.4, -0.2) is 78.7 Å². The fraction of sp³-hybridized carbons (Fsp3) is 0.268. The molecule has 0 radical (unpaired) electrons. The number of amides is 5. The van der Waals surface area contributed by atoms with Crippen molar-refractivity contribution in [3.63, 3.8) is 0 Å². The third kappa shape index (κ3) is 6.25. The molecule has 3 aromatic heterocycles. The van der Waals surface area contributed by atoms with E-state index in [0.29, 0.717) is 49.2 Å². The van der Waals surface area contributed by atoms with Gasteiger partial charge in [0, 0.05) is 73.0 Å². The van der Waals surface area contributed by atoms with Crippen molar-refractivity contribution in [1.29, 1.82) is 0 Å². The zero-order valence-corrected chi connectivity index (χ0v) is 29.8. The molecule has 54 heavy (non-hydrogen) atoms. The average molecular weight is 721 g/mol. The molecule has 3 aliphatic heterocycles. The van der Waals surface area contributed by atoms with Crippen molar-refractivity contribution >= 4 is 40.3 Å². The van der Waals surface area contributed by atoms with Gasteiger partial charge in [-0.1, -0.05) is 37.0 Å². The number of pyridine rings is 2. The van der Waals surface area contributed by atoms with Gasteiger partial charge in [-0.15, -0.1) is 0 Å². The number of piperidine rings is 1. The molecule has 1 unspecified atom stereocenters. The van der Waals surface area contributed by atoms with Crippen molar-refractivity contribution in [2.24, 2.45) is 0 Å². The van der Waals surface area contributed by atoms with Crippen molar-refractivity contribution in [3.8, 4) is 28.8 Å². The van der Waals surface area contributed by atoms with Crippen molar-refractivity contribution in [2.45, 2.75) is 58.2 Å². The zero-order valence-electron chi connectivity index (χ0n) is 29.8. The van der Waals surface area contributed by atoms with Gasteiger partial charge in [0.2, 0.25) is 17.7 Å². The molecule has 2 N–H and O–H groups in total. The third-order valence-corrected chi connectivity index (χ3v) is 10.3. The fourth-order valence-corrected chi connectivity index (χ4v) is 7.35. The van der Waals surface area contributed by atoms with Gasteiger partial charge in [0.25, 0.3) is 11.8 Å². The Morgan fingerprint density at radius 1 is 1.00 bits per heavy atom. The Hall–Kier alpha value is -6.68. The number of hydrogen-bond donors (Lipinski definition) is 2. The largest absolute Gasteiger partial charge is 0.350 e. The summed E-state index contributed by atoms with van der Waals surface area (Å²) >= 11 is 0. The van der Waals surface area contributed by atoms with E-state index in [1.165, 1.54) is 4.90 Å². The van der Waals surface area contributed by atoms with Crippen LogP contribution in [0.2, 0.25) is 0 Å². The first kappa shape index (κ1) is 34.4. The van der Waals surface area contributed by atoms with Gasteiger partial charge in [-0.05, 0) is 60.2 Å². The number of nitrogens with one attached hydrogen (secondary N) is 2. The third-order valence-electron chi connectivity index (χ3n) is 10.3. The highest BCUT2D eigenvalue weighted by molar-refractivity contribution is 6.05. The van der Waals surface area contributed by atoms with Crippen molar-refractivity contribution in [3.05, 3.63) is 106 Å². The Morgan fingerprint density at radius 2 is 1.85 bits per heavy atom. The highest BCUT2D eigenvalue weighted by Crippen LogP contribution is 2.32. The standard InChI is InChI=1S/C41H36N8O5/c1-3-31-28-19-38(51)47(2)23-36(28)49(46-31)34-12-7-10-25-18-33(44-21-29(25)34)26-13-14-32(43-20-26)39(52)42-17-5-4-8-24-9-6-11-27-30(24)22-48(41(27)54)35-15-16-37(50)45-40(35)53/h6-7,9-14,18,20-21,35H,3,5,15-17,19,22-23H2,1-2H3,(H,42,52)(H,45,50,53). The lowest BCUT2D eigenvalue weighted by Crippen LogP contribution is -2.52. The molecule has 0 spiro atoms. The quantitative estimate of drug-likeness (QED) is 0.147. The van der Waals surface area contributed by atoms with E-state index in [-0.39, 0.29) is 42.3 Å². The SMILES string of the molecule is CCc1nn(-c2cccc3cc(-c4ccc(C(=O)NCCC#Cc5cccc6c5CN(C5CCC(=O)NC5=O)C6=O)nc4)ncc23)c2c1CC(=O)N(C)C2. The lowest BCUT2D eigenvalue weighted by Gasteiger charge is -2.29. The summed E-state index contributed by atoms with van der Waals surface area (Å²) in [6.07, 6.45) is 5.41. The van der Waals surface area contributed by atoms with Crippen molar-refractivity contribution in [2.75, 3.05) is 13.6 Å². The van der Waals surface area contributed by atoms with E-state index < -0.39 is 11.9 Å². The molecule has 1 fully saturated rings. The zero-order chi connectivity index (χ0) is 37.5. The van der Waals surface area contributed by atoms with Crippen LogP contribution in [0.5, 0.6) is 0 Å². The van der Waals surface area contributed by atoms with E-state index >= 15 is 0 Å². The minimum Gasteiger partial charge on any atom is -0.350 e. The van der Waals surface area contributed by atoms with E-state index in [1.807, 2.05) is 54.3 Å². The summed E-state index contributed by atoms with van der Waals surface area (Å²) in [5.74, 6) is 4.93. The monoisotopic (exact) mass is 720 g/mol. The first-order valence-electron chi connectivity index (χ1n) is 17.9. The molecule has 270 valence electrons. The number of aryl methyl sites for hydroxylation is 1. The highest BCUT2D eigenvalue weighted by Gasteiger charge is 2.39. The molecule has 2 aromatic carbocycles. The van der Waals surface area contributed by atoms with Crippen LogP contribution >= 0.6 is 0 Å². The maximum Gasteiger partial charge on any atom is 0.269 e. The van der Waals surface area contributed by atoms with E-state index in [9.17, 15) is 24.0 Å². The number of rotatable bonds is 7. The van der Waals surface area contributed by atoms with Crippen LogP contribution in [0.25, 0.3) is 27.7 Å². The summed E-state index contributed by atoms with van der Waals surface area (Å²) in [7, 11) is 1.81. The molecule has 1 atom stereocenters. The summed E-state index contributed by atoms with van der Waals surface area (Å²) in [6.45, 7) is 3.09. The molecule has 5 amide bonds. The molecule has 5 aromatic rings. The molecule has 13 nitrogen and oxygen atoms in total. The van der Waals surface area contributed by atoms with Crippen LogP contribution in [0.1, 0.15) is 75.1 Å². The normalized spacial score (nSPS) is 16.5. The number of likely N-dealkylation sites (N-methyl/N-ethyl adjacent to an activating group) is 1. The van der Waals surface area contributed by atoms with Crippen LogP contribution in [-0.2, 0) is 40.3 Å². The van der Waals surface area contributed by atoms with Gasteiger partial charge < -0.3 is 15.1 Å². The Bertz CT molecular complexity index is 2460. The number of fused-ring (bicyclic) bond motifs is 3. The fourth-order valence-electron chi connectivity index (χ4n) is 7.35. The maximum atomic E-state index is 13.1. The Morgan fingerprint density at radius 3 is 2.65 bits per heavy atom. The number of aromatic nitrogens is 4. The van der Waals surface area contributed by atoms with Crippen molar-refractivity contribution in [1.82, 2.24) is 40.2 Å². The number of hydrogen-bond acceptors (Lipinski definition) is 8. The second-order valence-electron chi connectivity index (χ2n) is 13.6. The first-order valence-corrected chi connectivity index (χ1v) is 17.9. The molecule has 3 aliphatic rings. The van der Waals surface area contributed by atoms with Crippen LogP contribution in [0.15, 0.2) is 67.0 Å². The highest BCUT2D eigenvalue weighted by atomic mass is 16.2. The minimum absolute atomic E-state index is 0.0956. The van der Waals surface area contributed by atoms with Crippen molar-refractivity contribution < 1.29 is 24.0 Å². The summed E-state index contributed by atoms with van der Waals surface area (Å²) in [5.41, 5.74) is 7.56. The predicted octanol–water partition coefficient (Wildman–Crippen LogP) is 3.49. The molecular formula is C41H36N8O5. The van der Waals surface area contributed by atoms with Gasteiger partial charge >= 0.3 is 0 Å². The smallest absolute Gasteiger partial charge is 0.269 e. The lowest BCUT2D eigenvalue weighted by molar-refractivity contribution is -0.137. The molecule has 6 heterocycles. The Labute approximate surface area is 310 Å². The Kier molecular flexibility index (Phi) is 8.95. The predicted molar refractivity (Wildman–Crippen MR) is 198 cm³/mol. The van der Waals surface area contributed by atoms with E-state index in [4.69, 9.17) is 10.1 Å². The molecule has 13 heteroatoms. The number of benzene rings is 2. The molecule has 1 saturated heterocycles. The molecule has 0 bridgehead atoms. The minimum atomic E-state index is -0.690. The van der Waals surface area contributed by atoms with E-state index in [0.717, 1.165) is 51.0 Å². The summed E-state index contributed by atoms with van der Waals surface area (Å²) in [6, 6.07) is 16.1. The molecule has 0 aliphatic carbocycles. The number of carbonyl (C=O) groups excluding carboxylic acids is 5. The second kappa shape index (κ2) is 14.0. The maximum absolute atomic E-state index is 13.1. The summed E-state index contributed by atoms with van der Waals surface area (Å²) < 4.78 is 1.95. The van der Waals surface area contributed by atoms with E-state index in [2.05, 4.69) is 34.4 Å². The second-order valence-corrected chi connectivity index (χ2v) is 13.6. The molecular weight excluding hydrogens is 685 g/mol. The van der Waals surface area contributed by atoms with Crippen LogP contribution in [0.3, 0.4) is 0 Å². The summed E-state index contributed by atoms with van der Waals surface area (Å²) in [5, 5.41) is 12.0. The lowest BCUT2D eigenvalue weighted by atomic mass is 10.0. The average Bonchev–Trinajstić information content (AvgIpc) is 3.71. The molecule has 8 rings (SSSR count). The Balaban J connectivity index is 0.908. The van der Waals surface area contributed by atoms with Gasteiger partial charge in [0.05, 0.1) is 35.7 Å². The van der Waals surface area contributed by atoms with Crippen LogP contribution in [0.4, 0.5) is 0 Å². The number of carbonyl (C=O) groups is 5. The number of nitrogens with zero attached hydrogens (tertiary/aromatic N) is 6. The topological polar surface area (TPSA) is 159 Å². The van der Waals surface area contributed by atoms with E-state index in [1.54, 1.807) is 29.3 Å². The van der Waals surface area contributed by atoms with Gasteiger partial charge in [0.15, 0.2) is 0 Å². The first-order chi connectivity index (χ1) is 26.2. The number of imide groups is 1. The van der Waals surface area contributed by atoms with Gasteiger partial charge in [-0.3, -0.25) is 39.3 Å². The van der Waals surface area contributed by atoms with Gasteiger partial charge in [-0.25, -0.2) is 4.68 Å². The van der Waals surface area contributed by atoms with Crippen LogP contribution < -0.4 is 10.6 Å². The van der Waals surface area contributed by atoms with Gasteiger partial charge in [0.1, 0.15) is 11.7 Å². The van der Waals surface area contributed by atoms with Gasteiger partial charge in [-0.2, -0.15) is 5.10 Å². The summed E-state index contributed by atoms with van der Waals surface area (Å²) in [4.78, 5) is 74.8. The molecule has 0 saturated carbocycles. The van der Waals surface area contributed by atoms with Crippen LogP contribution in [0, 0.1) is 11.8 Å².